The van der Waals surface area contributed by atoms with Gasteiger partial charge in [0.25, 0.3) is 0 Å². The number of rotatable bonds is 6. The van der Waals surface area contributed by atoms with Gasteiger partial charge in [0.05, 0.1) is 12.8 Å². The second kappa shape index (κ2) is 6.74. The molecule has 0 aliphatic heterocycles. The van der Waals surface area contributed by atoms with Crippen LogP contribution in [-0.4, -0.2) is 18.1 Å². The molecule has 102 valence electrons. The molecule has 3 nitrogen and oxygen atoms in total. The number of hydrogen-bond donors (Lipinski definition) is 1. The van der Waals surface area contributed by atoms with Crippen molar-refractivity contribution >= 4 is 0 Å². The van der Waals surface area contributed by atoms with E-state index in [0.717, 1.165) is 29.1 Å². The summed E-state index contributed by atoms with van der Waals surface area (Å²) in [4.78, 5) is 4.50. The van der Waals surface area contributed by atoms with Crippen LogP contribution in [0.4, 0.5) is 0 Å². The Morgan fingerprint density at radius 3 is 2.56 bits per heavy atom. The molecule has 1 rings (SSSR count). The van der Waals surface area contributed by atoms with Gasteiger partial charge in [-0.3, -0.25) is 4.98 Å². The van der Waals surface area contributed by atoms with Gasteiger partial charge in [-0.2, -0.15) is 0 Å². The molecule has 0 bridgehead atoms. The first kappa shape index (κ1) is 15.0. The van der Waals surface area contributed by atoms with Gasteiger partial charge in [0.1, 0.15) is 5.75 Å². The fourth-order valence-corrected chi connectivity index (χ4v) is 2.06. The summed E-state index contributed by atoms with van der Waals surface area (Å²) in [5.74, 6) is 1.63. The third-order valence-corrected chi connectivity index (χ3v) is 3.84. The Hall–Kier alpha value is -1.09. The largest absolute Gasteiger partial charge is 0.496 e. The van der Waals surface area contributed by atoms with Crippen molar-refractivity contribution in [3.63, 3.8) is 0 Å². The summed E-state index contributed by atoms with van der Waals surface area (Å²) in [5.41, 5.74) is 3.31. The molecule has 3 heteroatoms. The summed E-state index contributed by atoms with van der Waals surface area (Å²) in [6.07, 6.45) is 3.08. The predicted molar refractivity (Wildman–Crippen MR) is 76.0 cm³/mol. The van der Waals surface area contributed by atoms with Gasteiger partial charge in [-0.1, -0.05) is 20.3 Å². The smallest absolute Gasteiger partial charge is 0.128 e. The van der Waals surface area contributed by atoms with E-state index in [1.54, 1.807) is 7.11 Å². The molecule has 1 heterocycles. The lowest BCUT2D eigenvalue weighted by Gasteiger charge is -2.20. The number of ether oxygens (including phenoxy) is 1. The molecule has 0 radical (unpaired) electrons. The zero-order chi connectivity index (χ0) is 13.7. The lowest BCUT2D eigenvalue weighted by molar-refractivity contribution is 0.384. The maximum Gasteiger partial charge on any atom is 0.128 e. The number of aromatic nitrogens is 1. The Balaban J connectivity index is 2.74. The molecule has 0 spiro atoms. The number of methoxy groups -OCH3 is 1. The predicted octanol–water partition coefficient (Wildman–Crippen LogP) is 3.23. The molecule has 0 aromatic carbocycles. The molecule has 0 aliphatic carbocycles. The van der Waals surface area contributed by atoms with Gasteiger partial charge in [0, 0.05) is 29.9 Å². The lowest BCUT2D eigenvalue weighted by atomic mass is 10.0. The third kappa shape index (κ3) is 3.45. The van der Waals surface area contributed by atoms with E-state index >= 15 is 0 Å². The van der Waals surface area contributed by atoms with Gasteiger partial charge < -0.3 is 10.1 Å². The van der Waals surface area contributed by atoms with Crippen molar-refractivity contribution in [1.29, 1.82) is 0 Å². The number of nitrogens with one attached hydrogen (secondary N) is 1. The molecule has 1 N–H and O–H groups in total. The SMILES string of the molecule is CCC(C)C(C)NCc1ncc(C)c(OC)c1C. The third-order valence-electron chi connectivity index (χ3n) is 3.84. The van der Waals surface area contributed by atoms with Crippen LogP contribution in [0, 0.1) is 19.8 Å². The van der Waals surface area contributed by atoms with Crippen molar-refractivity contribution in [2.75, 3.05) is 7.11 Å². The average Bonchev–Trinajstić information content (AvgIpc) is 2.37. The summed E-state index contributed by atoms with van der Waals surface area (Å²) in [7, 11) is 1.72. The van der Waals surface area contributed by atoms with Gasteiger partial charge >= 0.3 is 0 Å². The Morgan fingerprint density at radius 1 is 1.33 bits per heavy atom. The molecular weight excluding hydrogens is 224 g/mol. The molecule has 1 aromatic rings. The molecule has 1 aromatic heterocycles. The molecule has 0 saturated heterocycles. The summed E-state index contributed by atoms with van der Waals surface area (Å²) in [5, 5.41) is 3.54. The minimum atomic E-state index is 0.503. The van der Waals surface area contributed by atoms with Gasteiger partial charge in [0.15, 0.2) is 0 Å². The van der Waals surface area contributed by atoms with Gasteiger partial charge in [-0.25, -0.2) is 0 Å². The quantitative estimate of drug-likeness (QED) is 0.841. The van der Waals surface area contributed by atoms with Crippen LogP contribution in [0.2, 0.25) is 0 Å². The topological polar surface area (TPSA) is 34.2 Å². The summed E-state index contributed by atoms with van der Waals surface area (Å²) in [6, 6.07) is 0.503. The fraction of sp³-hybridized carbons (Fsp3) is 0.667. The molecule has 0 amide bonds. The Labute approximate surface area is 111 Å². The molecule has 18 heavy (non-hydrogen) atoms. The fourth-order valence-electron chi connectivity index (χ4n) is 2.06. The van der Waals surface area contributed by atoms with Crippen LogP contribution in [0.25, 0.3) is 0 Å². The van der Waals surface area contributed by atoms with Crippen LogP contribution < -0.4 is 10.1 Å². The van der Waals surface area contributed by atoms with E-state index in [1.165, 1.54) is 6.42 Å². The van der Waals surface area contributed by atoms with E-state index in [-0.39, 0.29) is 0 Å². The minimum absolute atomic E-state index is 0.503. The average molecular weight is 250 g/mol. The summed E-state index contributed by atoms with van der Waals surface area (Å²) < 4.78 is 5.42. The summed E-state index contributed by atoms with van der Waals surface area (Å²) in [6.45, 7) is 11.6. The molecule has 0 fully saturated rings. The first-order chi connectivity index (χ1) is 8.51. The summed E-state index contributed by atoms with van der Waals surface area (Å²) >= 11 is 0. The second-order valence-corrected chi connectivity index (χ2v) is 5.10. The molecule has 0 aliphatic rings. The molecule has 2 unspecified atom stereocenters. The molecular formula is C15H26N2O. The maximum atomic E-state index is 5.42. The minimum Gasteiger partial charge on any atom is -0.496 e. The first-order valence-corrected chi connectivity index (χ1v) is 6.73. The first-order valence-electron chi connectivity index (χ1n) is 6.73. The van der Waals surface area contributed by atoms with Crippen LogP contribution in [0.1, 0.15) is 44.0 Å². The number of pyridine rings is 1. The monoisotopic (exact) mass is 250 g/mol. The van der Waals surface area contributed by atoms with Gasteiger partial charge in [-0.15, -0.1) is 0 Å². The van der Waals surface area contributed by atoms with E-state index in [2.05, 4.69) is 38.0 Å². The van der Waals surface area contributed by atoms with Crippen molar-refractivity contribution in [3.8, 4) is 5.75 Å². The number of aryl methyl sites for hydroxylation is 1. The van der Waals surface area contributed by atoms with E-state index in [1.807, 2.05) is 13.1 Å². The van der Waals surface area contributed by atoms with Crippen LogP contribution in [0.3, 0.4) is 0 Å². The lowest BCUT2D eigenvalue weighted by Crippen LogP contribution is -2.31. The van der Waals surface area contributed by atoms with Crippen molar-refractivity contribution < 1.29 is 4.74 Å². The van der Waals surface area contributed by atoms with Gasteiger partial charge in [0.2, 0.25) is 0 Å². The standard InChI is InChI=1S/C15H26N2O/c1-7-10(2)13(5)16-9-14-12(4)15(18-6)11(3)8-17-14/h8,10,13,16H,7,9H2,1-6H3. The van der Waals surface area contributed by atoms with E-state index < -0.39 is 0 Å². The van der Waals surface area contributed by atoms with Crippen molar-refractivity contribution in [2.45, 2.75) is 53.6 Å². The Kier molecular flexibility index (Phi) is 5.60. The highest BCUT2D eigenvalue weighted by Gasteiger charge is 2.12. The highest BCUT2D eigenvalue weighted by atomic mass is 16.5. The zero-order valence-corrected chi connectivity index (χ0v) is 12.5. The van der Waals surface area contributed by atoms with Crippen LogP contribution in [-0.2, 0) is 6.54 Å². The molecule has 0 saturated carbocycles. The highest BCUT2D eigenvalue weighted by Crippen LogP contribution is 2.24. The maximum absolute atomic E-state index is 5.42. The van der Waals surface area contributed by atoms with E-state index in [0.29, 0.717) is 12.0 Å². The second-order valence-electron chi connectivity index (χ2n) is 5.10. The van der Waals surface area contributed by atoms with Crippen molar-refractivity contribution in [2.24, 2.45) is 5.92 Å². The van der Waals surface area contributed by atoms with Crippen LogP contribution >= 0.6 is 0 Å². The normalized spacial score (nSPS) is 14.3. The zero-order valence-electron chi connectivity index (χ0n) is 12.5. The number of hydrogen-bond acceptors (Lipinski definition) is 3. The number of nitrogens with zero attached hydrogens (tertiary/aromatic N) is 1. The van der Waals surface area contributed by atoms with Crippen molar-refractivity contribution in [1.82, 2.24) is 10.3 Å². The van der Waals surface area contributed by atoms with E-state index in [9.17, 15) is 0 Å². The van der Waals surface area contributed by atoms with Crippen LogP contribution in [0.15, 0.2) is 6.20 Å². The highest BCUT2D eigenvalue weighted by molar-refractivity contribution is 5.40. The van der Waals surface area contributed by atoms with Crippen molar-refractivity contribution in [3.05, 3.63) is 23.0 Å². The van der Waals surface area contributed by atoms with Crippen LogP contribution in [0.5, 0.6) is 5.75 Å². The van der Waals surface area contributed by atoms with Gasteiger partial charge in [-0.05, 0) is 26.7 Å². The Morgan fingerprint density at radius 2 is 2.00 bits per heavy atom. The molecule has 2 atom stereocenters. The Bertz CT molecular complexity index is 390. The van der Waals surface area contributed by atoms with E-state index in [4.69, 9.17) is 4.74 Å².